The van der Waals surface area contributed by atoms with Crippen molar-refractivity contribution in [2.75, 3.05) is 32.1 Å². The second-order valence-electron chi connectivity index (χ2n) is 8.52. The number of nitrogens with one attached hydrogen (secondary N) is 1. The second-order valence-corrected chi connectivity index (χ2v) is 10.8. The van der Waals surface area contributed by atoms with Crippen LogP contribution in [0, 0.1) is 0 Å². The van der Waals surface area contributed by atoms with E-state index in [0.29, 0.717) is 28.5 Å². The highest BCUT2D eigenvalue weighted by Crippen LogP contribution is 2.34. The molecule has 0 aliphatic heterocycles. The summed E-state index contributed by atoms with van der Waals surface area (Å²) in [5.41, 5.74) is 0.814. The molecule has 0 unspecified atom stereocenters. The van der Waals surface area contributed by atoms with Gasteiger partial charge in [0.2, 0.25) is 11.8 Å². The van der Waals surface area contributed by atoms with Crippen molar-refractivity contribution in [1.29, 1.82) is 0 Å². The molecule has 1 N–H and O–H groups in total. The fourth-order valence-corrected chi connectivity index (χ4v) is 5.75. The van der Waals surface area contributed by atoms with Gasteiger partial charge in [0.25, 0.3) is 10.0 Å². The molecule has 0 saturated heterocycles. The summed E-state index contributed by atoms with van der Waals surface area (Å²) in [7, 11) is 0.183. The molecule has 0 aromatic heterocycles. The molecule has 0 aliphatic rings. The van der Waals surface area contributed by atoms with E-state index in [1.54, 1.807) is 55.5 Å². The summed E-state index contributed by atoms with van der Waals surface area (Å²) in [6.07, 6.45) is 0.303. The Balaban J connectivity index is 2.11. The van der Waals surface area contributed by atoms with Crippen LogP contribution in [0.2, 0.25) is 5.02 Å². The van der Waals surface area contributed by atoms with Crippen LogP contribution in [0.15, 0.2) is 77.7 Å². The molecule has 39 heavy (non-hydrogen) atoms. The lowest BCUT2D eigenvalue weighted by Gasteiger charge is -2.33. The Kier molecular flexibility index (Phi) is 10.2. The Hall–Kier alpha value is -3.76. The van der Waals surface area contributed by atoms with E-state index in [1.165, 1.54) is 50.4 Å². The quantitative estimate of drug-likeness (QED) is 0.350. The minimum absolute atomic E-state index is 0.00332. The molecule has 0 radical (unpaired) electrons. The third-order valence-electron chi connectivity index (χ3n) is 6.20. The lowest BCUT2D eigenvalue weighted by Crippen LogP contribution is -2.51. The van der Waals surface area contributed by atoms with E-state index in [9.17, 15) is 18.0 Å². The highest BCUT2D eigenvalue weighted by atomic mass is 35.5. The van der Waals surface area contributed by atoms with Gasteiger partial charge in [0.05, 0.1) is 24.8 Å². The summed E-state index contributed by atoms with van der Waals surface area (Å²) >= 11 is 6.38. The van der Waals surface area contributed by atoms with Gasteiger partial charge in [-0.1, -0.05) is 54.9 Å². The van der Waals surface area contributed by atoms with E-state index in [1.807, 2.05) is 0 Å². The first-order chi connectivity index (χ1) is 18.7. The number of carbonyl (C=O) groups is 2. The zero-order valence-corrected chi connectivity index (χ0v) is 23.8. The Morgan fingerprint density at radius 1 is 0.949 bits per heavy atom. The summed E-state index contributed by atoms with van der Waals surface area (Å²) < 4.78 is 39.4. The van der Waals surface area contributed by atoms with Gasteiger partial charge in [0.15, 0.2) is 11.5 Å². The first kappa shape index (κ1) is 29.8. The summed E-state index contributed by atoms with van der Waals surface area (Å²) in [4.78, 5) is 28.1. The predicted molar refractivity (Wildman–Crippen MR) is 151 cm³/mol. The molecule has 2 amide bonds. The standard InChI is InChI=1S/C28H32ClN3O6S/c1-5-24(28(34)30-2)31(18-20-11-9-10-14-23(20)29)27(33)19-32(39(35,36)22-12-7-6-8-13-22)21-15-16-25(37-3)26(17-21)38-4/h6-17,24H,5,18-19H2,1-4H3,(H,30,34)/t24-/m0/s1. The van der Waals surface area contributed by atoms with Crippen LogP contribution in [0.1, 0.15) is 18.9 Å². The summed E-state index contributed by atoms with van der Waals surface area (Å²) in [5, 5.41) is 3.02. The van der Waals surface area contributed by atoms with E-state index in [4.69, 9.17) is 21.1 Å². The molecule has 0 heterocycles. The third kappa shape index (κ3) is 6.82. The van der Waals surface area contributed by atoms with E-state index in [2.05, 4.69) is 5.32 Å². The first-order valence-electron chi connectivity index (χ1n) is 12.2. The number of benzene rings is 3. The van der Waals surface area contributed by atoms with Crippen LogP contribution in [0.3, 0.4) is 0 Å². The van der Waals surface area contributed by atoms with E-state index < -0.39 is 28.5 Å². The van der Waals surface area contributed by atoms with Crippen molar-refractivity contribution in [3.05, 3.63) is 83.4 Å². The van der Waals surface area contributed by atoms with Gasteiger partial charge in [-0.3, -0.25) is 13.9 Å². The third-order valence-corrected chi connectivity index (χ3v) is 8.35. The van der Waals surface area contributed by atoms with Crippen LogP contribution >= 0.6 is 11.6 Å². The van der Waals surface area contributed by atoms with Crippen molar-refractivity contribution >= 4 is 39.1 Å². The molecule has 11 heteroatoms. The van der Waals surface area contributed by atoms with Crippen molar-refractivity contribution in [3.63, 3.8) is 0 Å². The second kappa shape index (κ2) is 13.3. The van der Waals surface area contributed by atoms with Crippen LogP contribution in [-0.2, 0) is 26.2 Å². The Morgan fingerprint density at radius 2 is 1.59 bits per heavy atom. The van der Waals surface area contributed by atoms with Gasteiger partial charge in [-0.15, -0.1) is 0 Å². The van der Waals surface area contributed by atoms with Gasteiger partial charge in [0, 0.05) is 24.7 Å². The van der Waals surface area contributed by atoms with Crippen molar-refractivity contribution < 1.29 is 27.5 Å². The Morgan fingerprint density at radius 3 is 2.18 bits per heavy atom. The van der Waals surface area contributed by atoms with Crippen molar-refractivity contribution in [1.82, 2.24) is 10.2 Å². The van der Waals surface area contributed by atoms with Crippen LogP contribution < -0.4 is 19.1 Å². The number of hydrogen-bond donors (Lipinski definition) is 1. The van der Waals surface area contributed by atoms with Gasteiger partial charge in [-0.2, -0.15) is 0 Å². The zero-order chi connectivity index (χ0) is 28.6. The number of rotatable bonds is 12. The Bertz CT molecular complexity index is 1400. The number of hydrogen-bond acceptors (Lipinski definition) is 6. The molecule has 0 saturated carbocycles. The number of amides is 2. The van der Waals surface area contributed by atoms with Crippen molar-refractivity contribution in [2.24, 2.45) is 0 Å². The van der Waals surface area contributed by atoms with Crippen molar-refractivity contribution in [2.45, 2.75) is 30.8 Å². The maximum absolute atomic E-state index is 14.0. The van der Waals surface area contributed by atoms with Gasteiger partial charge in [0.1, 0.15) is 12.6 Å². The molecule has 208 valence electrons. The molecule has 3 rings (SSSR count). The van der Waals surface area contributed by atoms with Crippen LogP contribution in [0.4, 0.5) is 5.69 Å². The number of likely N-dealkylation sites (N-methyl/N-ethyl adjacent to an activating group) is 1. The van der Waals surface area contributed by atoms with Gasteiger partial charge in [-0.25, -0.2) is 8.42 Å². The fourth-order valence-electron chi connectivity index (χ4n) is 4.12. The number of ether oxygens (including phenoxy) is 2. The maximum atomic E-state index is 14.0. The summed E-state index contributed by atoms with van der Waals surface area (Å²) in [6, 6.07) is 18.5. The number of nitrogens with zero attached hydrogens (tertiary/aromatic N) is 2. The highest BCUT2D eigenvalue weighted by molar-refractivity contribution is 7.92. The molecule has 0 aliphatic carbocycles. The smallest absolute Gasteiger partial charge is 0.264 e. The highest BCUT2D eigenvalue weighted by Gasteiger charge is 2.34. The molecule has 0 bridgehead atoms. The summed E-state index contributed by atoms with van der Waals surface area (Å²) in [6.45, 7) is 1.21. The minimum Gasteiger partial charge on any atom is -0.493 e. The normalized spacial score (nSPS) is 11.8. The van der Waals surface area contributed by atoms with Gasteiger partial charge >= 0.3 is 0 Å². The average Bonchev–Trinajstić information content (AvgIpc) is 2.96. The number of halogens is 1. The number of sulfonamides is 1. The monoisotopic (exact) mass is 573 g/mol. The molecule has 3 aromatic rings. The molecule has 1 atom stereocenters. The molecular formula is C28H32ClN3O6S. The van der Waals surface area contributed by atoms with Crippen LogP contribution in [0.25, 0.3) is 0 Å². The Labute approximate surface area is 234 Å². The summed E-state index contributed by atoms with van der Waals surface area (Å²) in [5.74, 6) is -0.266. The fraction of sp³-hybridized carbons (Fsp3) is 0.286. The lowest BCUT2D eigenvalue weighted by atomic mass is 10.1. The van der Waals surface area contributed by atoms with Gasteiger partial charge < -0.3 is 19.7 Å². The first-order valence-corrected chi connectivity index (χ1v) is 14.0. The molecule has 9 nitrogen and oxygen atoms in total. The van der Waals surface area contributed by atoms with E-state index >= 15 is 0 Å². The molecule has 3 aromatic carbocycles. The molecular weight excluding hydrogens is 542 g/mol. The maximum Gasteiger partial charge on any atom is 0.264 e. The number of anilines is 1. The number of carbonyl (C=O) groups excluding carboxylic acids is 2. The predicted octanol–water partition coefficient (Wildman–Crippen LogP) is 4.11. The van der Waals surface area contributed by atoms with Crippen molar-refractivity contribution in [3.8, 4) is 11.5 Å². The lowest BCUT2D eigenvalue weighted by molar-refractivity contribution is -0.140. The SMILES string of the molecule is CC[C@@H](C(=O)NC)N(Cc1ccccc1Cl)C(=O)CN(c1ccc(OC)c(OC)c1)S(=O)(=O)c1ccccc1. The zero-order valence-electron chi connectivity index (χ0n) is 22.3. The molecule has 0 spiro atoms. The van der Waals surface area contributed by atoms with E-state index in [0.717, 1.165) is 4.31 Å². The molecule has 0 fully saturated rings. The van der Waals surface area contributed by atoms with Crippen LogP contribution in [-0.4, -0.2) is 59.0 Å². The largest absolute Gasteiger partial charge is 0.493 e. The average molecular weight is 574 g/mol. The minimum atomic E-state index is -4.20. The number of methoxy groups -OCH3 is 2. The topological polar surface area (TPSA) is 105 Å². The van der Waals surface area contributed by atoms with Gasteiger partial charge in [-0.05, 0) is 42.3 Å². The van der Waals surface area contributed by atoms with Crippen LogP contribution in [0.5, 0.6) is 11.5 Å². The van der Waals surface area contributed by atoms with E-state index in [-0.39, 0.29) is 23.0 Å².